The lowest BCUT2D eigenvalue weighted by Gasteiger charge is -2.39. The van der Waals surface area contributed by atoms with Gasteiger partial charge in [-0.3, -0.25) is 0 Å². The molecule has 1 aliphatic rings. The first-order chi connectivity index (χ1) is 10.2. The van der Waals surface area contributed by atoms with E-state index >= 15 is 0 Å². The third kappa shape index (κ3) is 2.54. The van der Waals surface area contributed by atoms with Gasteiger partial charge in [0.2, 0.25) is 0 Å². The average Bonchev–Trinajstić information content (AvgIpc) is 2.90. The van der Waals surface area contributed by atoms with Crippen LogP contribution in [-0.2, 0) is 5.41 Å². The number of hydrogen-bond donors (Lipinski definition) is 4. The highest BCUT2D eigenvalue weighted by molar-refractivity contribution is 5.90. The monoisotopic (exact) mass is 288 g/mol. The predicted molar refractivity (Wildman–Crippen MR) is 84.4 cm³/mol. The fourth-order valence-corrected chi connectivity index (χ4v) is 3.96. The zero-order chi connectivity index (χ0) is 14.9. The third-order valence-electron chi connectivity index (χ3n) is 4.97. The van der Waals surface area contributed by atoms with E-state index in [-0.39, 0.29) is 12.0 Å². The molecule has 1 heterocycles. The SMILES string of the molecule is NCC(O)CC1(c2cccc3[nH]cc(O)c23)CCCCC1. The number of H-pyrrole nitrogens is 1. The minimum absolute atomic E-state index is 0.0732. The van der Waals surface area contributed by atoms with Crippen LogP contribution in [0.2, 0.25) is 0 Å². The number of nitrogens with two attached hydrogens (primary N) is 1. The number of benzene rings is 1. The number of aromatic hydroxyl groups is 1. The molecule has 0 aliphatic heterocycles. The van der Waals surface area contributed by atoms with Gasteiger partial charge in [-0.15, -0.1) is 0 Å². The van der Waals surface area contributed by atoms with E-state index in [1.54, 1.807) is 6.20 Å². The second-order valence-corrected chi connectivity index (χ2v) is 6.34. The molecular formula is C17H24N2O2. The Kier molecular flexibility index (Phi) is 3.91. The summed E-state index contributed by atoms with van der Waals surface area (Å²) >= 11 is 0. The molecule has 1 atom stereocenters. The molecular weight excluding hydrogens is 264 g/mol. The molecule has 0 bridgehead atoms. The lowest BCUT2D eigenvalue weighted by atomic mass is 9.65. The topological polar surface area (TPSA) is 82.3 Å². The summed E-state index contributed by atoms with van der Waals surface area (Å²) in [6.45, 7) is 0.289. The molecule has 4 nitrogen and oxygen atoms in total. The molecule has 1 fully saturated rings. The second-order valence-electron chi connectivity index (χ2n) is 6.34. The van der Waals surface area contributed by atoms with Crippen LogP contribution in [0.25, 0.3) is 10.9 Å². The summed E-state index contributed by atoms with van der Waals surface area (Å²) in [6.07, 6.45) is 7.51. The molecule has 0 saturated heterocycles. The first kappa shape index (κ1) is 14.4. The van der Waals surface area contributed by atoms with Crippen molar-refractivity contribution in [2.45, 2.75) is 50.0 Å². The summed E-state index contributed by atoms with van der Waals surface area (Å²) in [4.78, 5) is 3.11. The zero-order valence-corrected chi connectivity index (χ0v) is 12.3. The Morgan fingerprint density at radius 2 is 2.00 bits per heavy atom. The van der Waals surface area contributed by atoms with Crippen molar-refractivity contribution >= 4 is 10.9 Å². The largest absolute Gasteiger partial charge is 0.506 e. The van der Waals surface area contributed by atoms with E-state index in [0.29, 0.717) is 12.2 Å². The van der Waals surface area contributed by atoms with E-state index in [2.05, 4.69) is 11.1 Å². The van der Waals surface area contributed by atoms with Gasteiger partial charge in [0.25, 0.3) is 0 Å². The fraction of sp³-hybridized carbons (Fsp3) is 0.529. The molecule has 1 aromatic carbocycles. The second kappa shape index (κ2) is 5.70. The van der Waals surface area contributed by atoms with Gasteiger partial charge in [0.1, 0.15) is 5.75 Å². The van der Waals surface area contributed by atoms with Gasteiger partial charge >= 0.3 is 0 Å². The predicted octanol–water partition coefficient (Wildman–Crippen LogP) is 2.79. The Morgan fingerprint density at radius 1 is 1.24 bits per heavy atom. The van der Waals surface area contributed by atoms with Crippen molar-refractivity contribution in [3.8, 4) is 5.75 Å². The van der Waals surface area contributed by atoms with E-state index in [4.69, 9.17) is 5.73 Å². The Hall–Kier alpha value is -1.52. The summed E-state index contributed by atoms with van der Waals surface area (Å²) in [7, 11) is 0. The van der Waals surface area contributed by atoms with Crippen molar-refractivity contribution in [3.05, 3.63) is 30.0 Å². The van der Waals surface area contributed by atoms with Crippen LogP contribution in [0.3, 0.4) is 0 Å². The molecule has 2 aromatic rings. The van der Waals surface area contributed by atoms with Gasteiger partial charge in [-0.25, -0.2) is 0 Å². The number of aliphatic hydroxyl groups is 1. The van der Waals surface area contributed by atoms with Crippen molar-refractivity contribution in [1.29, 1.82) is 0 Å². The van der Waals surface area contributed by atoms with Crippen LogP contribution in [0, 0.1) is 0 Å². The molecule has 1 unspecified atom stereocenters. The normalized spacial score (nSPS) is 19.7. The third-order valence-corrected chi connectivity index (χ3v) is 4.97. The zero-order valence-electron chi connectivity index (χ0n) is 12.3. The molecule has 3 rings (SSSR count). The van der Waals surface area contributed by atoms with E-state index in [0.717, 1.165) is 29.3 Å². The van der Waals surface area contributed by atoms with Crippen LogP contribution in [0.15, 0.2) is 24.4 Å². The van der Waals surface area contributed by atoms with Crippen LogP contribution in [0.1, 0.15) is 44.1 Å². The van der Waals surface area contributed by atoms with Gasteiger partial charge in [-0.2, -0.15) is 0 Å². The van der Waals surface area contributed by atoms with E-state index < -0.39 is 6.10 Å². The summed E-state index contributed by atoms with van der Waals surface area (Å²) < 4.78 is 0. The van der Waals surface area contributed by atoms with Crippen molar-refractivity contribution in [3.63, 3.8) is 0 Å². The van der Waals surface area contributed by atoms with Gasteiger partial charge in [0, 0.05) is 23.6 Å². The molecule has 1 aliphatic carbocycles. The molecule has 21 heavy (non-hydrogen) atoms. The summed E-state index contributed by atoms with van der Waals surface area (Å²) in [6, 6.07) is 6.11. The number of nitrogens with one attached hydrogen (secondary N) is 1. The number of rotatable bonds is 4. The summed E-state index contributed by atoms with van der Waals surface area (Å²) in [5.74, 6) is 0.299. The lowest BCUT2D eigenvalue weighted by molar-refractivity contribution is 0.119. The van der Waals surface area contributed by atoms with Crippen molar-refractivity contribution < 1.29 is 10.2 Å². The highest BCUT2D eigenvalue weighted by Gasteiger charge is 2.37. The van der Waals surface area contributed by atoms with Gasteiger partial charge < -0.3 is 20.9 Å². The molecule has 0 spiro atoms. The summed E-state index contributed by atoms with van der Waals surface area (Å²) in [5, 5.41) is 21.2. The minimum Gasteiger partial charge on any atom is -0.506 e. The summed E-state index contributed by atoms with van der Waals surface area (Å²) in [5.41, 5.74) is 7.68. The lowest BCUT2D eigenvalue weighted by Crippen LogP contribution is -2.36. The van der Waals surface area contributed by atoms with Crippen LogP contribution in [0.5, 0.6) is 5.75 Å². The van der Waals surface area contributed by atoms with Gasteiger partial charge in [-0.05, 0) is 36.3 Å². The standard InChI is InChI=1S/C17H24N2O2/c18-10-12(20)9-17(7-2-1-3-8-17)13-5-4-6-14-16(13)15(21)11-19-14/h4-6,11-12,19-21H,1-3,7-10,18H2. The smallest absolute Gasteiger partial charge is 0.141 e. The van der Waals surface area contributed by atoms with Crippen molar-refractivity contribution in [2.75, 3.05) is 6.54 Å². The fourth-order valence-electron chi connectivity index (χ4n) is 3.96. The number of hydrogen-bond acceptors (Lipinski definition) is 3. The minimum atomic E-state index is -0.487. The Balaban J connectivity index is 2.11. The number of fused-ring (bicyclic) bond motifs is 1. The Labute approximate surface area is 125 Å². The maximum Gasteiger partial charge on any atom is 0.141 e. The van der Waals surface area contributed by atoms with E-state index in [1.165, 1.54) is 19.3 Å². The van der Waals surface area contributed by atoms with Gasteiger partial charge in [-0.1, -0.05) is 31.4 Å². The van der Waals surface area contributed by atoms with Crippen LogP contribution >= 0.6 is 0 Å². The number of aromatic nitrogens is 1. The van der Waals surface area contributed by atoms with E-state index in [9.17, 15) is 10.2 Å². The van der Waals surface area contributed by atoms with Crippen LogP contribution < -0.4 is 5.73 Å². The molecule has 5 N–H and O–H groups in total. The maximum absolute atomic E-state index is 10.2. The first-order valence-electron chi connectivity index (χ1n) is 7.84. The highest BCUT2D eigenvalue weighted by atomic mass is 16.3. The van der Waals surface area contributed by atoms with Crippen LogP contribution in [-0.4, -0.2) is 27.8 Å². The molecule has 0 amide bonds. The van der Waals surface area contributed by atoms with Gasteiger partial charge in [0.05, 0.1) is 6.10 Å². The highest BCUT2D eigenvalue weighted by Crippen LogP contribution is 2.47. The molecule has 114 valence electrons. The Morgan fingerprint density at radius 3 is 2.71 bits per heavy atom. The number of aromatic amines is 1. The van der Waals surface area contributed by atoms with E-state index in [1.807, 2.05) is 12.1 Å². The van der Waals surface area contributed by atoms with Gasteiger partial charge in [0.15, 0.2) is 0 Å². The van der Waals surface area contributed by atoms with Crippen LogP contribution in [0.4, 0.5) is 0 Å². The Bertz CT molecular complexity index is 614. The molecule has 4 heteroatoms. The maximum atomic E-state index is 10.2. The number of aliphatic hydroxyl groups excluding tert-OH is 1. The molecule has 1 saturated carbocycles. The molecule has 1 aromatic heterocycles. The average molecular weight is 288 g/mol. The molecule has 0 radical (unpaired) electrons. The van der Waals surface area contributed by atoms with Crippen molar-refractivity contribution in [1.82, 2.24) is 4.98 Å². The quantitative estimate of drug-likeness (QED) is 0.698. The first-order valence-corrected chi connectivity index (χ1v) is 7.84. The van der Waals surface area contributed by atoms with Crippen molar-refractivity contribution in [2.24, 2.45) is 5.73 Å².